The lowest BCUT2D eigenvalue weighted by Crippen LogP contribution is -2.29. The molecule has 1 aromatic rings. The first-order valence-electron chi connectivity index (χ1n) is 7.89. The average molecular weight is 279 g/mol. The number of rotatable bonds is 4. The van der Waals surface area contributed by atoms with Crippen molar-refractivity contribution in [2.24, 2.45) is 11.8 Å². The molecule has 1 aromatic heterocycles. The lowest BCUT2D eigenvalue weighted by atomic mass is 9.89. The van der Waals surface area contributed by atoms with Crippen molar-refractivity contribution in [3.63, 3.8) is 0 Å². The molecule has 0 aromatic carbocycles. The summed E-state index contributed by atoms with van der Waals surface area (Å²) in [5.74, 6) is 2.66. The van der Waals surface area contributed by atoms with Gasteiger partial charge in [0.1, 0.15) is 0 Å². The van der Waals surface area contributed by atoms with Crippen LogP contribution in [0.5, 0.6) is 0 Å². The van der Waals surface area contributed by atoms with E-state index in [9.17, 15) is 5.11 Å². The van der Waals surface area contributed by atoms with E-state index in [2.05, 4.69) is 15.0 Å². The predicted molar refractivity (Wildman–Crippen MR) is 75.4 cm³/mol. The second-order valence-electron chi connectivity index (χ2n) is 6.45. The van der Waals surface area contributed by atoms with Crippen LogP contribution in [0.3, 0.4) is 0 Å². The molecule has 2 heterocycles. The minimum absolute atomic E-state index is 0.199. The summed E-state index contributed by atoms with van der Waals surface area (Å²) in [5.41, 5.74) is 0. The number of aromatic nitrogens is 2. The van der Waals surface area contributed by atoms with Crippen molar-refractivity contribution in [1.82, 2.24) is 15.0 Å². The van der Waals surface area contributed by atoms with Gasteiger partial charge in [-0.25, -0.2) is 0 Å². The Bertz CT molecular complexity index is 429. The number of nitrogens with zero attached hydrogens (tertiary/aromatic N) is 3. The Labute approximate surface area is 120 Å². The maximum atomic E-state index is 9.61. The van der Waals surface area contributed by atoms with Crippen molar-refractivity contribution in [3.8, 4) is 0 Å². The van der Waals surface area contributed by atoms with E-state index >= 15 is 0 Å². The first kappa shape index (κ1) is 14.0. The van der Waals surface area contributed by atoms with Crippen LogP contribution in [0.4, 0.5) is 0 Å². The van der Waals surface area contributed by atoms with Gasteiger partial charge in [0.05, 0.1) is 5.92 Å². The lowest BCUT2D eigenvalue weighted by Gasteiger charge is -2.26. The van der Waals surface area contributed by atoms with Crippen molar-refractivity contribution in [2.45, 2.75) is 44.9 Å². The summed E-state index contributed by atoms with van der Waals surface area (Å²) in [6.45, 7) is 5.12. The minimum atomic E-state index is 0.199. The molecule has 2 aliphatic rings. The molecule has 1 aliphatic carbocycles. The summed E-state index contributed by atoms with van der Waals surface area (Å²) in [5, 5.41) is 13.5. The third-order valence-electron chi connectivity index (χ3n) is 4.85. The van der Waals surface area contributed by atoms with Crippen molar-refractivity contribution in [3.05, 3.63) is 11.7 Å². The smallest absolute Gasteiger partial charge is 0.231 e. The number of hydrogen-bond donors (Lipinski definition) is 1. The molecule has 1 N–H and O–H groups in total. The Morgan fingerprint density at radius 1 is 1.25 bits per heavy atom. The van der Waals surface area contributed by atoms with Crippen LogP contribution in [0.15, 0.2) is 4.52 Å². The van der Waals surface area contributed by atoms with E-state index in [-0.39, 0.29) is 18.4 Å². The molecule has 112 valence electrons. The van der Waals surface area contributed by atoms with Gasteiger partial charge in [0.25, 0.3) is 0 Å². The van der Waals surface area contributed by atoms with Crippen LogP contribution in [-0.4, -0.2) is 46.4 Å². The van der Waals surface area contributed by atoms with Gasteiger partial charge < -0.3 is 14.5 Å². The third kappa shape index (κ3) is 3.04. The van der Waals surface area contributed by atoms with Crippen molar-refractivity contribution in [1.29, 1.82) is 0 Å². The van der Waals surface area contributed by atoms with Crippen molar-refractivity contribution in [2.75, 3.05) is 26.2 Å². The van der Waals surface area contributed by atoms with E-state index in [1.54, 1.807) is 0 Å². The molecule has 2 atom stereocenters. The van der Waals surface area contributed by atoms with Gasteiger partial charge in [0.2, 0.25) is 5.89 Å². The molecule has 5 heteroatoms. The number of likely N-dealkylation sites (tertiary alicyclic amines) is 1. The van der Waals surface area contributed by atoms with Crippen molar-refractivity contribution >= 4 is 0 Å². The highest BCUT2D eigenvalue weighted by Crippen LogP contribution is 2.33. The maximum Gasteiger partial charge on any atom is 0.231 e. The fourth-order valence-corrected chi connectivity index (χ4v) is 3.77. The Hall–Kier alpha value is -0.940. The SMILES string of the molecule is Cc1noc([C@@H]2CN(CC3CCCCC3)C[C@H]2CO)n1. The lowest BCUT2D eigenvalue weighted by molar-refractivity contribution is 0.195. The predicted octanol–water partition coefficient (Wildman–Crippen LogP) is 1.97. The van der Waals surface area contributed by atoms with Crippen LogP contribution < -0.4 is 0 Å². The molecule has 0 amide bonds. The zero-order chi connectivity index (χ0) is 13.9. The second-order valence-corrected chi connectivity index (χ2v) is 6.45. The van der Waals surface area contributed by atoms with Gasteiger partial charge in [-0.15, -0.1) is 0 Å². The second kappa shape index (κ2) is 6.22. The highest BCUT2D eigenvalue weighted by Gasteiger charge is 2.37. The quantitative estimate of drug-likeness (QED) is 0.913. The largest absolute Gasteiger partial charge is 0.396 e. The van der Waals surface area contributed by atoms with E-state index in [1.807, 2.05) is 6.92 Å². The van der Waals surface area contributed by atoms with Crippen molar-refractivity contribution < 1.29 is 9.63 Å². The van der Waals surface area contributed by atoms with Gasteiger partial charge >= 0.3 is 0 Å². The molecule has 0 unspecified atom stereocenters. The Kier molecular flexibility index (Phi) is 4.36. The number of aliphatic hydroxyl groups excluding tert-OH is 1. The van der Waals surface area contributed by atoms with E-state index in [4.69, 9.17) is 4.52 Å². The van der Waals surface area contributed by atoms with Crippen LogP contribution in [0.2, 0.25) is 0 Å². The standard InChI is InChI=1S/C15H25N3O2/c1-11-16-15(20-17-11)14-9-18(8-13(14)10-19)7-12-5-3-2-4-6-12/h12-14,19H,2-10H2,1H3/t13-,14+/m0/s1. The van der Waals surface area contributed by atoms with E-state index in [0.717, 1.165) is 19.0 Å². The summed E-state index contributed by atoms with van der Waals surface area (Å²) in [6.07, 6.45) is 6.90. The summed E-state index contributed by atoms with van der Waals surface area (Å²) in [7, 11) is 0. The number of aliphatic hydroxyl groups is 1. The Morgan fingerprint density at radius 3 is 2.70 bits per heavy atom. The summed E-state index contributed by atoms with van der Waals surface area (Å²) < 4.78 is 5.32. The molecule has 1 saturated carbocycles. The highest BCUT2D eigenvalue weighted by atomic mass is 16.5. The summed E-state index contributed by atoms with van der Waals surface area (Å²) >= 11 is 0. The van der Waals surface area contributed by atoms with E-state index < -0.39 is 0 Å². The Morgan fingerprint density at radius 2 is 2.05 bits per heavy atom. The molecular weight excluding hydrogens is 254 g/mol. The molecule has 2 fully saturated rings. The molecule has 0 radical (unpaired) electrons. The normalized spacial score (nSPS) is 29.1. The molecule has 1 saturated heterocycles. The molecule has 3 rings (SSSR count). The number of hydrogen-bond acceptors (Lipinski definition) is 5. The van der Waals surface area contributed by atoms with Crippen LogP contribution in [0.25, 0.3) is 0 Å². The fourth-order valence-electron chi connectivity index (χ4n) is 3.77. The van der Waals surface area contributed by atoms with Crippen LogP contribution >= 0.6 is 0 Å². The van der Waals surface area contributed by atoms with Crippen LogP contribution in [0.1, 0.15) is 49.7 Å². The molecule has 0 spiro atoms. The van der Waals surface area contributed by atoms with Crippen LogP contribution in [-0.2, 0) is 0 Å². The first-order valence-corrected chi connectivity index (χ1v) is 7.89. The Balaban J connectivity index is 1.61. The van der Waals surface area contributed by atoms with Gasteiger partial charge in [-0.2, -0.15) is 4.98 Å². The van der Waals surface area contributed by atoms with Gasteiger partial charge in [-0.1, -0.05) is 24.4 Å². The molecule has 0 bridgehead atoms. The highest BCUT2D eigenvalue weighted by molar-refractivity contribution is 5.02. The average Bonchev–Trinajstić information content (AvgIpc) is 3.06. The zero-order valence-electron chi connectivity index (χ0n) is 12.3. The van der Waals surface area contributed by atoms with Gasteiger partial charge in [0, 0.05) is 32.2 Å². The van der Waals surface area contributed by atoms with Gasteiger partial charge in [-0.05, 0) is 25.7 Å². The monoisotopic (exact) mass is 279 g/mol. The van der Waals surface area contributed by atoms with E-state index in [0.29, 0.717) is 11.7 Å². The molecule has 1 aliphatic heterocycles. The minimum Gasteiger partial charge on any atom is -0.396 e. The third-order valence-corrected chi connectivity index (χ3v) is 4.85. The van der Waals surface area contributed by atoms with Gasteiger partial charge in [0.15, 0.2) is 5.82 Å². The van der Waals surface area contributed by atoms with Crippen LogP contribution in [0, 0.1) is 18.8 Å². The molecular formula is C15H25N3O2. The molecule has 20 heavy (non-hydrogen) atoms. The van der Waals surface area contributed by atoms with Gasteiger partial charge in [-0.3, -0.25) is 0 Å². The summed E-state index contributed by atoms with van der Waals surface area (Å²) in [6, 6.07) is 0. The fraction of sp³-hybridized carbons (Fsp3) is 0.867. The maximum absolute atomic E-state index is 9.61. The zero-order valence-corrected chi connectivity index (χ0v) is 12.3. The number of aryl methyl sites for hydroxylation is 1. The summed E-state index contributed by atoms with van der Waals surface area (Å²) in [4.78, 5) is 6.84. The topological polar surface area (TPSA) is 62.4 Å². The molecule has 5 nitrogen and oxygen atoms in total. The first-order chi connectivity index (χ1) is 9.76. The van der Waals surface area contributed by atoms with E-state index in [1.165, 1.54) is 38.6 Å².